The summed E-state index contributed by atoms with van der Waals surface area (Å²) < 4.78 is 19.9. The second-order valence-electron chi connectivity index (χ2n) is 5.35. The minimum atomic E-state index is -0.560. The lowest BCUT2D eigenvalue weighted by Gasteiger charge is -2.07. The molecule has 0 atom stereocenters. The second kappa shape index (κ2) is 7.97. The third-order valence-electron chi connectivity index (χ3n) is 3.53. The van der Waals surface area contributed by atoms with Crippen LogP contribution in [0.1, 0.15) is 10.6 Å². The van der Waals surface area contributed by atoms with Crippen LogP contribution < -0.4 is 10.6 Å². The van der Waals surface area contributed by atoms with E-state index in [1.54, 1.807) is 36.4 Å². The summed E-state index contributed by atoms with van der Waals surface area (Å²) in [5.41, 5.74) is 0.866. The Morgan fingerprint density at radius 1 is 1.00 bits per heavy atom. The molecule has 132 valence electrons. The maximum atomic E-state index is 13.8. The van der Waals surface area contributed by atoms with E-state index in [2.05, 4.69) is 26.6 Å². The molecule has 1 aromatic heterocycles. The zero-order valence-corrected chi connectivity index (χ0v) is 15.0. The van der Waals surface area contributed by atoms with Crippen LogP contribution in [-0.2, 0) is 4.79 Å². The van der Waals surface area contributed by atoms with E-state index in [-0.39, 0.29) is 29.5 Å². The maximum absolute atomic E-state index is 13.8. The fourth-order valence-corrected chi connectivity index (χ4v) is 2.65. The number of para-hydroxylation sites is 1. The molecule has 26 heavy (non-hydrogen) atoms. The number of anilines is 1. The summed E-state index contributed by atoms with van der Waals surface area (Å²) in [6, 6.07) is 16.2. The maximum Gasteiger partial charge on any atom is 0.287 e. The molecular weight excluding hydrogens is 403 g/mol. The van der Waals surface area contributed by atoms with E-state index < -0.39 is 11.7 Å². The molecule has 0 fully saturated rings. The van der Waals surface area contributed by atoms with Crippen LogP contribution in [-0.4, -0.2) is 18.4 Å². The van der Waals surface area contributed by atoms with Gasteiger partial charge in [-0.2, -0.15) is 0 Å². The molecule has 0 radical (unpaired) electrons. The number of carbonyl (C=O) groups excluding carboxylic acids is 2. The first-order valence-electron chi connectivity index (χ1n) is 7.72. The highest BCUT2D eigenvalue weighted by atomic mass is 79.9. The van der Waals surface area contributed by atoms with Crippen LogP contribution in [0.25, 0.3) is 11.3 Å². The van der Waals surface area contributed by atoms with Crippen molar-refractivity contribution in [2.45, 2.75) is 0 Å². The lowest BCUT2D eigenvalue weighted by molar-refractivity contribution is -0.115. The largest absolute Gasteiger partial charge is 0.451 e. The molecule has 0 saturated heterocycles. The summed E-state index contributed by atoms with van der Waals surface area (Å²) in [4.78, 5) is 24.1. The fraction of sp³-hybridized carbons (Fsp3) is 0.0526. The number of amides is 2. The summed E-state index contributed by atoms with van der Waals surface area (Å²) >= 11 is 3.32. The van der Waals surface area contributed by atoms with Gasteiger partial charge in [0.15, 0.2) is 5.76 Å². The molecule has 0 spiro atoms. The van der Waals surface area contributed by atoms with Crippen molar-refractivity contribution < 1.29 is 18.4 Å². The second-order valence-corrected chi connectivity index (χ2v) is 6.21. The Hall–Kier alpha value is -2.93. The number of halogens is 2. The molecule has 7 heteroatoms. The number of carbonyl (C=O) groups is 2. The van der Waals surface area contributed by atoms with Crippen LogP contribution in [0.5, 0.6) is 0 Å². The summed E-state index contributed by atoms with van der Waals surface area (Å²) in [7, 11) is 0. The van der Waals surface area contributed by atoms with Crippen molar-refractivity contribution in [3.8, 4) is 11.3 Å². The molecule has 0 aliphatic heterocycles. The minimum absolute atomic E-state index is 0.00283. The quantitative estimate of drug-likeness (QED) is 0.653. The summed E-state index contributed by atoms with van der Waals surface area (Å²) in [5, 5.41) is 5.14. The lowest BCUT2D eigenvalue weighted by atomic mass is 10.1. The topological polar surface area (TPSA) is 71.3 Å². The SMILES string of the molecule is O=C(CNC(=O)c1ccc(-c2ccccc2F)o1)Nc1ccccc1Br. The summed E-state index contributed by atoms with van der Waals surface area (Å²) in [5.74, 6) is -1.15. The highest BCUT2D eigenvalue weighted by Gasteiger charge is 2.15. The van der Waals surface area contributed by atoms with Gasteiger partial charge in [0.05, 0.1) is 17.8 Å². The first-order valence-corrected chi connectivity index (χ1v) is 8.51. The van der Waals surface area contributed by atoms with E-state index in [1.165, 1.54) is 18.2 Å². The van der Waals surface area contributed by atoms with Crippen molar-refractivity contribution in [2.75, 3.05) is 11.9 Å². The van der Waals surface area contributed by atoms with Gasteiger partial charge in [0.1, 0.15) is 11.6 Å². The molecule has 5 nitrogen and oxygen atoms in total. The number of hydrogen-bond acceptors (Lipinski definition) is 3. The average Bonchev–Trinajstić information content (AvgIpc) is 3.12. The van der Waals surface area contributed by atoms with E-state index in [0.717, 1.165) is 4.47 Å². The standard InChI is InChI=1S/C19H14BrFN2O3/c20-13-6-2-4-8-15(13)23-18(24)11-22-19(25)17-10-9-16(26-17)12-5-1-3-7-14(12)21/h1-10H,11H2,(H,22,25)(H,23,24). The number of rotatable bonds is 5. The van der Waals surface area contributed by atoms with Gasteiger partial charge in [0, 0.05) is 4.47 Å². The van der Waals surface area contributed by atoms with Gasteiger partial charge >= 0.3 is 0 Å². The van der Waals surface area contributed by atoms with E-state index in [9.17, 15) is 14.0 Å². The van der Waals surface area contributed by atoms with Crippen LogP contribution in [0, 0.1) is 5.82 Å². The summed E-state index contributed by atoms with van der Waals surface area (Å²) in [6.45, 7) is -0.226. The van der Waals surface area contributed by atoms with Crippen molar-refractivity contribution in [1.82, 2.24) is 5.32 Å². The van der Waals surface area contributed by atoms with Crippen molar-refractivity contribution in [3.63, 3.8) is 0 Å². The van der Waals surface area contributed by atoms with Crippen LogP contribution >= 0.6 is 15.9 Å². The van der Waals surface area contributed by atoms with Crippen molar-refractivity contribution >= 4 is 33.4 Å². The predicted molar refractivity (Wildman–Crippen MR) is 99.2 cm³/mol. The first-order chi connectivity index (χ1) is 12.5. The average molecular weight is 417 g/mol. The molecule has 2 amide bonds. The molecule has 2 aromatic carbocycles. The third kappa shape index (κ3) is 4.18. The van der Waals surface area contributed by atoms with E-state index >= 15 is 0 Å². The molecule has 0 aliphatic rings. The minimum Gasteiger partial charge on any atom is -0.451 e. The lowest BCUT2D eigenvalue weighted by Crippen LogP contribution is -2.32. The zero-order chi connectivity index (χ0) is 18.5. The number of hydrogen-bond donors (Lipinski definition) is 2. The van der Waals surface area contributed by atoms with Crippen molar-refractivity contribution in [1.29, 1.82) is 0 Å². The Morgan fingerprint density at radius 3 is 2.50 bits per heavy atom. The van der Waals surface area contributed by atoms with Gasteiger partial charge < -0.3 is 15.1 Å². The smallest absolute Gasteiger partial charge is 0.287 e. The molecule has 0 aliphatic carbocycles. The van der Waals surface area contributed by atoms with Crippen LogP contribution in [0.15, 0.2) is 69.6 Å². The van der Waals surface area contributed by atoms with Gasteiger partial charge in [-0.15, -0.1) is 0 Å². The molecule has 0 bridgehead atoms. The number of benzene rings is 2. The Kier molecular flexibility index (Phi) is 5.48. The Morgan fingerprint density at radius 2 is 1.73 bits per heavy atom. The van der Waals surface area contributed by atoms with E-state index in [4.69, 9.17) is 4.42 Å². The highest BCUT2D eigenvalue weighted by Crippen LogP contribution is 2.24. The molecule has 0 unspecified atom stereocenters. The molecular formula is C19H14BrFN2O3. The third-order valence-corrected chi connectivity index (χ3v) is 4.22. The Labute approximate surface area is 157 Å². The molecule has 3 aromatic rings. The first kappa shape index (κ1) is 17.9. The molecule has 1 heterocycles. The monoisotopic (exact) mass is 416 g/mol. The number of furan rings is 1. The van der Waals surface area contributed by atoms with Crippen molar-refractivity contribution in [3.05, 3.63) is 76.7 Å². The van der Waals surface area contributed by atoms with Gasteiger partial charge in [0.25, 0.3) is 5.91 Å². The zero-order valence-electron chi connectivity index (χ0n) is 13.5. The van der Waals surface area contributed by atoms with Gasteiger partial charge in [-0.05, 0) is 52.3 Å². The van der Waals surface area contributed by atoms with Crippen molar-refractivity contribution in [2.24, 2.45) is 0 Å². The van der Waals surface area contributed by atoms with Gasteiger partial charge in [-0.3, -0.25) is 9.59 Å². The van der Waals surface area contributed by atoms with Crippen LogP contribution in [0.2, 0.25) is 0 Å². The number of nitrogens with one attached hydrogen (secondary N) is 2. The molecule has 0 saturated carbocycles. The Bertz CT molecular complexity index is 955. The van der Waals surface area contributed by atoms with E-state index in [0.29, 0.717) is 5.69 Å². The highest BCUT2D eigenvalue weighted by molar-refractivity contribution is 9.10. The van der Waals surface area contributed by atoms with E-state index in [1.807, 2.05) is 6.07 Å². The van der Waals surface area contributed by atoms with Gasteiger partial charge in [0.2, 0.25) is 5.91 Å². The van der Waals surface area contributed by atoms with Crippen LogP contribution in [0.4, 0.5) is 10.1 Å². The van der Waals surface area contributed by atoms with Crippen LogP contribution in [0.3, 0.4) is 0 Å². The Balaban J connectivity index is 1.60. The molecule has 2 N–H and O–H groups in total. The fourth-order valence-electron chi connectivity index (χ4n) is 2.27. The van der Waals surface area contributed by atoms with Gasteiger partial charge in [-0.1, -0.05) is 24.3 Å². The summed E-state index contributed by atoms with van der Waals surface area (Å²) in [6.07, 6.45) is 0. The molecule has 3 rings (SSSR count). The predicted octanol–water partition coefficient (Wildman–Crippen LogP) is 4.22. The van der Waals surface area contributed by atoms with Gasteiger partial charge in [-0.25, -0.2) is 4.39 Å². The normalized spacial score (nSPS) is 10.4.